The van der Waals surface area contributed by atoms with Gasteiger partial charge in [0.2, 0.25) is 0 Å². The molecule has 6 aromatic rings. The van der Waals surface area contributed by atoms with Gasteiger partial charge in [0.1, 0.15) is 0 Å². The van der Waals surface area contributed by atoms with E-state index in [0.29, 0.717) is 11.8 Å². The summed E-state index contributed by atoms with van der Waals surface area (Å²) in [4.78, 5) is 2.52. The van der Waals surface area contributed by atoms with E-state index >= 15 is 0 Å². The maximum absolute atomic E-state index is 2.52. The number of para-hydroxylation sites is 2. The molecule has 0 fully saturated rings. The van der Waals surface area contributed by atoms with E-state index in [1.165, 1.54) is 72.4 Å². The van der Waals surface area contributed by atoms with Crippen molar-refractivity contribution in [1.82, 2.24) is 4.57 Å². The minimum Gasteiger partial charge on any atom is -0.310 e. The summed E-state index contributed by atoms with van der Waals surface area (Å²) in [6.45, 7) is 9.71. The van der Waals surface area contributed by atoms with E-state index in [1.54, 1.807) is 5.57 Å². The molecular formula is C48H42N2. The molecule has 0 N–H and O–H groups in total. The molecule has 2 heteroatoms. The summed E-state index contributed by atoms with van der Waals surface area (Å²) >= 11 is 0. The predicted molar refractivity (Wildman–Crippen MR) is 211 cm³/mol. The molecule has 2 atom stereocenters. The molecule has 1 aromatic heterocycles. The van der Waals surface area contributed by atoms with E-state index in [9.17, 15) is 0 Å². The van der Waals surface area contributed by atoms with Gasteiger partial charge in [0.15, 0.2) is 0 Å². The van der Waals surface area contributed by atoms with Crippen molar-refractivity contribution in [3.05, 3.63) is 173 Å². The van der Waals surface area contributed by atoms with Crippen molar-refractivity contribution in [2.45, 2.75) is 57.3 Å². The Labute approximate surface area is 295 Å². The number of fused-ring (bicyclic) bond motifs is 8. The summed E-state index contributed by atoms with van der Waals surface area (Å²) in [5, 5.41) is 2.53. The molecule has 0 saturated carbocycles. The topological polar surface area (TPSA) is 8.17 Å². The first kappa shape index (κ1) is 29.6. The Kier molecular flexibility index (Phi) is 6.26. The van der Waals surface area contributed by atoms with Crippen molar-refractivity contribution in [2.24, 2.45) is 5.92 Å². The van der Waals surface area contributed by atoms with Crippen LogP contribution in [0.25, 0.3) is 33.1 Å². The van der Waals surface area contributed by atoms with Crippen LogP contribution >= 0.6 is 0 Å². The highest BCUT2D eigenvalue weighted by molar-refractivity contribution is 6.10. The van der Waals surface area contributed by atoms with E-state index in [-0.39, 0.29) is 10.8 Å². The fraction of sp³-hybridized carbons (Fsp3) is 0.208. The maximum atomic E-state index is 2.52. The maximum Gasteiger partial charge on any atom is 0.0542 e. The lowest BCUT2D eigenvalue weighted by molar-refractivity contribution is 0.394. The van der Waals surface area contributed by atoms with Crippen molar-refractivity contribution in [2.75, 3.05) is 4.90 Å². The zero-order valence-corrected chi connectivity index (χ0v) is 29.3. The van der Waals surface area contributed by atoms with Crippen molar-refractivity contribution in [1.29, 1.82) is 0 Å². The molecule has 0 saturated heterocycles. The average Bonchev–Trinajstić information content (AvgIpc) is 3.69. The van der Waals surface area contributed by atoms with Crippen LogP contribution in [-0.2, 0) is 10.8 Å². The lowest BCUT2D eigenvalue weighted by atomic mass is 9.74. The number of hydrogen-bond acceptors (Lipinski definition) is 1. The first-order valence-electron chi connectivity index (χ1n) is 18.3. The SMILES string of the molecule is CC1(C)C2=C(C=CCC2)c2ccc(N(c3ccc4c(c3)C(C)(C)C3C=CC=CC43)c3ccc4c(c3)c3ccccc3n4-c3ccccc3)cc21. The zero-order chi connectivity index (χ0) is 33.8. The largest absolute Gasteiger partial charge is 0.310 e. The highest BCUT2D eigenvalue weighted by atomic mass is 15.1. The van der Waals surface area contributed by atoms with Gasteiger partial charge >= 0.3 is 0 Å². The van der Waals surface area contributed by atoms with Gasteiger partial charge in [-0.15, -0.1) is 0 Å². The first-order chi connectivity index (χ1) is 24.3. The van der Waals surface area contributed by atoms with Crippen LogP contribution in [0.15, 0.2) is 151 Å². The van der Waals surface area contributed by atoms with Crippen LogP contribution in [0.1, 0.15) is 68.7 Å². The highest BCUT2D eigenvalue weighted by Crippen LogP contribution is 2.55. The van der Waals surface area contributed by atoms with Gasteiger partial charge in [-0.1, -0.05) is 118 Å². The number of benzene rings is 5. The molecule has 4 aliphatic rings. The Balaban J connectivity index is 1.20. The highest BCUT2D eigenvalue weighted by Gasteiger charge is 2.45. The van der Waals surface area contributed by atoms with Crippen LogP contribution in [0.3, 0.4) is 0 Å². The van der Waals surface area contributed by atoms with Crippen LogP contribution in [0.4, 0.5) is 17.1 Å². The van der Waals surface area contributed by atoms with Crippen LogP contribution in [0.5, 0.6) is 0 Å². The summed E-state index contributed by atoms with van der Waals surface area (Å²) in [5.41, 5.74) is 16.0. The summed E-state index contributed by atoms with van der Waals surface area (Å²) in [6, 6.07) is 41.2. The summed E-state index contributed by atoms with van der Waals surface area (Å²) in [7, 11) is 0. The van der Waals surface area contributed by atoms with Gasteiger partial charge in [-0.2, -0.15) is 0 Å². The Morgan fingerprint density at radius 2 is 1.36 bits per heavy atom. The standard InChI is InChI=1S/C48H42N2/c1-47(2)41-19-11-8-16-35(41)37-25-22-33(29-43(37)47)49(34-23-26-38-36-17-9-12-20-42(36)48(3,4)44(38)30-34)32-24-27-46-40(28-32)39-18-10-13-21-45(39)50(46)31-14-6-5-7-15-31/h5-11,13-19,21-30,35,41H,12,20H2,1-4H3. The molecule has 0 bridgehead atoms. The molecule has 50 heavy (non-hydrogen) atoms. The molecule has 0 amide bonds. The van der Waals surface area contributed by atoms with Gasteiger partial charge in [-0.3, -0.25) is 0 Å². The van der Waals surface area contributed by atoms with E-state index in [0.717, 1.165) is 12.8 Å². The Hall–Kier alpha value is -5.34. The van der Waals surface area contributed by atoms with Gasteiger partial charge in [-0.25, -0.2) is 0 Å². The van der Waals surface area contributed by atoms with Crippen LogP contribution in [0.2, 0.25) is 0 Å². The molecule has 2 nitrogen and oxygen atoms in total. The van der Waals surface area contributed by atoms with Crippen molar-refractivity contribution in [3.8, 4) is 5.69 Å². The number of aromatic nitrogens is 1. The van der Waals surface area contributed by atoms with Crippen molar-refractivity contribution in [3.63, 3.8) is 0 Å². The van der Waals surface area contributed by atoms with Crippen LogP contribution in [0, 0.1) is 5.92 Å². The van der Waals surface area contributed by atoms with Gasteiger partial charge < -0.3 is 9.47 Å². The zero-order valence-electron chi connectivity index (χ0n) is 29.3. The fourth-order valence-corrected chi connectivity index (χ4v) is 9.86. The molecule has 1 heterocycles. The lowest BCUT2D eigenvalue weighted by Crippen LogP contribution is -2.24. The predicted octanol–water partition coefficient (Wildman–Crippen LogP) is 12.8. The van der Waals surface area contributed by atoms with E-state index < -0.39 is 0 Å². The Morgan fingerprint density at radius 1 is 0.660 bits per heavy atom. The molecule has 4 aliphatic carbocycles. The molecule has 244 valence electrons. The van der Waals surface area contributed by atoms with Crippen molar-refractivity contribution >= 4 is 44.4 Å². The number of nitrogens with zero attached hydrogens (tertiary/aromatic N) is 2. The average molecular weight is 647 g/mol. The first-order valence-corrected chi connectivity index (χ1v) is 18.3. The molecule has 0 spiro atoms. The summed E-state index contributed by atoms with van der Waals surface area (Å²) in [6.07, 6.45) is 16.3. The van der Waals surface area contributed by atoms with Crippen LogP contribution in [-0.4, -0.2) is 4.57 Å². The van der Waals surface area contributed by atoms with Gasteiger partial charge in [0, 0.05) is 44.9 Å². The molecule has 10 rings (SSSR count). The van der Waals surface area contributed by atoms with E-state index in [4.69, 9.17) is 0 Å². The fourth-order valence-electron chi connectivity index (χ4n) is 9.86. The smallest absolute Gasteiger partial charge is 0.0542 e. The Bertz CT molecular complexity index is 2500. The molecular weight excluding hydrogens is 605 g/mol. The number of anilines is 3. The summed E-state index contributed by atoms with van der Waals surface area (Å²) in [5.74, 6) is 0.900. The van der Waals surface area contributed by atoms with Gasteiger partial charge in [0.05, 0.1) is 11.0 Å². The molecule has 2 unspecified atom stereocenters. The third-order valence-corrected chi connectivity index (χ3v) is 12.4. The third kappa shape index (κ3) is 4.08. The second-order valence-corrected chi connectivity index (χ2v) is 15.7. The number of rotatable bonds is 4. The van der Waals surface area contributed by atoms with E-state index in [1.807, 2.05) is 0 Å². The monoisotopic (exact) mass is 646 g/mol. The second kappa shape index (κ2) is 10.6. The third-order valence-electron chi connectivity index (χ3n) is 12.4. The number of hydrogen-bond donors (Lipinski definition) is 0. The molecule has 0 aliphatic heterocycles. The normalized spacial score (nSPS) is 20.6. The van der Waals surface area contributed by atoms with Crippen LogP contribution < -0.4 is 4.90 Å². The van der Waals surface area contributed by atoms with Crippen molar-refractivity contribution < 1.29 is 0 Å². The lowest BCUT2D eigenvalue weighted by Gasteiger charge is -2.31. The Morgan fingerprint density at radius 3 is 2.22 bits per heavy atom. The summed E-state index contributed by atoms with van der Waals surface area (Å²) < 4.78 is 2.40. The van der Waals surface area contributed by atoms with Gasteiger partial charge in [-0.05, 0) is 113 Å². The van der Waals surface area contributed by atoms with E-state index in [2.05, 4.69) is 183 Å². The quantitative estimate of drug-likeness (QED) is 0.185. The molecule has 5 aromatic carbocycles. The molecule has 0 radical (unpaired) electrons. The second-order valence-electron chi connectivity index (χ2n) is 15.7. The van der Waals surface area contributed by atoms with Gasteiger partial charge in [0.25, 0.3) is 0 Å². The minimum atomic E-state index is -0.00153. The minimum absolute atomic E-state index is 0.00153. The number of allylic oxidation sites excluding steroid dienone is 8.